The second-order valence-corrected chi connectivity index (χ2v) is 6.17. The molecule has 0 aliphatic carbocycles. The fourth-order valence-electron chi connectivity index (χ4n) is 3.00. The molecule has 128 valence electrons. The van der Waals surface area contributed by atoms with E-state index in [1.165, 1.54) is 0 Å². The summed E-state index contributed by atoms with van der Waals surface area (Å²) in [6, 6.07) is 3.64. The molecule has 2 aromatic heterocycles. The summed E-state index contributed by atoms with van der Waals surface area (Å²) in [4.78, 5) is 18.1. The van der Waals surface area contributed by atoms with Gasteiger partial charge in [-0.2, -0.15) is 0 Å². The Labute approximate surface area is 140 Å². The Kier molecular flexibility index (Phi) is 5.20. The van der Waals surface area contributed by atoms with E-state index in [9.17, 15) is 9.18 Å². The van der Waals surface area contributed by atoms with Crippen molar-refractivity contribution in [2.24, 2.45) is 0 Å². The van der Waals surface area contributed by atoms with Crippen LogP contribution in [-0.4, -0.2) is 46.3 Å². The van der Waals surface area contributed by atoms with Crippen molar-refractivity contribution >= 4 is 5.91 Å². The Morgan fingerprint density at radius 1 is 1.50 bits per heavy atom. The molecule has 2 aromatic rings. The van der Waals surface area contributed by atoms with Crippen molar-refractivity contribution in [3.05, 3.63) is 47.6 Å². The number of pyridine rings is 1. The van der Waals surface area contributed by atoms with Gasteiger partial charge in [0, 0.05) is 43.6 Å². The van der Waals surface area contributed by atoms with E-state index in [4.69, 9.17) is 4.52 Å². The van der Waals surface area contributed by atoms with E-state index < -0.39 is 6.17 Å². The lowest BCUT2D eigenvalue weighted by Gasteiger charge is -2.23. The maximum absolute atomic E-state index is 13.8. The highest BCUT2D eigenvalue weighted by atomic mass is 19.1. The van der Waals surface area contributed by atoms with Gasteiger partial charge in [-0.1, -0.05) is 11.2 Å². The number of amides is 1. The number of aromatic nitrogens is 2. The van der Waals surface area contributed by atoms with E-state index in [1.807, 2.05) is 17.9 Å². The molecule has 24 heavy (non-hydrogen) atoms. The van der Waals surface area contributed by atoms with Crippen LogP contribution in [0, 0.1) is 6.92 Å². The lowest BCUT2D eigenvalue weighted by Crippen LogP contribution is -2.40. The summed E-state index contributed by atoms with van der Waals surface area (Å²) in [5.74, 6) is 0.670. The number of aryl methyl sites for hydroxylation is 1. The van der Waals surface area contributed by atoms with Crippen molar-refractivity contribution in [1.82, 2.24) is 20.4 Å². The highest BCUT2D eigenvalue weighted by molar-refractivity contribution is 5.78. The topological polar surface area (TPSA) is 71.3 Å². The van der Waals surface area contributed by atoms with E-state index in [-0.39, 0.29) is 18.4 Å². The second kappa shape index (κ2) is 7.53. The third-order valence-corrected chi connectivity index (χ3v) is 4.32. The molecule has 1 amide bonds. The van der Waals surface area contributed by atoms with Crippen LogP contribution in [-0.2, 0) is 17.8 Å². The van der Waals surface area contributed by atoms with Crippen LogP contribution in [0.3, 0.4) is 0 Å². The minimum Gasteiger partial charge on any atom is -0.361 e. The lowest BCUT2D eigenvalue weighted by molar-refractivity contribution is -0.120. The van der Waals surface area contributed by atoms with Gasteiger partial charge < -0.3 is 9.84 Å². The zero-order valence-corrected chi connectivity index (χ0v) is 13.6. The third kappa shape index (κ3) is 4.17. The number of nitrogens with one attached hydrogen (secondary N) is 1. The summed E-state index contributed by atoms with van der Waals surface area (Å²) in [6.07, 6.45) is 4.85. The molecule has 0 bridgehead atoms. The molecule has 6 nitrogen and oxygen atoms in total. The summed E-state index contributed by atoms with van der Waals surface area (Å²) >= 11 is 0. The Bertz CT molecular complexity index is 676. The second-order valence-electron chi connectivity index (χ2n) is 6.17. The lowest BCUT2D eigenvalue weighted by atomic mass is 10.1. The van der Waals surface area contributed by atoms with Gasteiger partial charge in [-0.05, 0) is 25.0 Å². The summed E-state index contributed by atoms with van der Waals surface area (Å²) in [6.45, 7) is 3.23. The first-order valence-corrected chi connectivity index (χ1v) is 8.05. The molecule has 3 heterocycles. The van der Waals surface area contributed by atoms with Gasteiger partial charge in [-0.25, -0.2) is 4.39 Å². The van der Waals surface area contributed by atoms with Gasteiger partial charge in [-0.3, -0.25) is 14.7 Å². The molecule has 0 unspecified atom stereocenters. The van der Waals surface area contributed by atoms with Gasteiger partial charge in [0.15, 0.2) is 0 Å². The molecule has 7 heteroatoms. The highest BCUT2D eigenvalue weighted by Gasteiger charge is 2.32. The first-order chi connectivity index (χ1) is 11.6. The molecule has 0 radical (unpaired) electrons. The summed E-state index contributed by atoms with van der Waals surface area (Å²) < 4.78 is 18.9. The van der Waals surface area contributed by atoms with Crippen molar-refractivity contribution in [1.29, 1.82) is 0 Å². The van der Waals surface area contributed by atoms with Gasteiger partial charge >= 0.3 is 0 Å². The van der Waals surface area contributed by atoms with Crippen LogP contribution in [0.1, 0.15) is 23.3 Å². The molecule has 1 N–H and O–H groups in total. The molecule has 3 rings (SSSR count). The molecule has 1 saturated heterocycles. The first kappa shape index (κ1) is 16.6. The fraction of sp³-hybridized carbons (Fsp3) is 0.471. The van der Waals surface area contributed by atoms with Crippen molar-refractivity contribution < 1.29 is 13.7 Å². The quantitative estimate of drug-likeness (QED) is 0.871. The molecule has 1 aliphatic heterocycles. The van der Waals surface area contributed by atoms with Crippen LogP contribution >= 0.6 is 0 Å². The Morgan fingerprint density at radius 2 is 2.38 bits per heavy atom. The minimum atomic E-state index is -0.870. The number of nitrogens with zero attached hydrogens (tertiary/aromatic N) is 3. The number of halogens is 1. The third-order valence-electron chi connectivity index (χ3n) is 4.32. The zero-order valence-electron chi connectivity index (χ0n) is 13.6. The van der Waals surface area contributed by atoms with Crippen LogP contribution in [0.4, 0.5) is 4.39 Å². The van der Waals surface area contributed by atoms with Crippen molar-refractivity contribution in [3.8, 4) is 0 Å². The normalized spacial score (nSPS) is 21.1. The molecule has 0 saturated carbocycles. The predicted molar refractivity (Wildman–Crippen MR) is 85.9 cm³/mol. The van der Waals surface area contributed by atoms with Crippen LogP contribution in [0.5, 0.6) is 0 Å². The number of alkyl halides is 1. The standard InChI is InChI=1S/C17H21FN4O2/c1-12-14(8-21-24-12)10-22-11-15(18)6-16(22)9-20-17(23)5-13-3-2-4-19-7-13/h2-4,7-8,15-16H,5-6,9-11H2,1H3,(H,20,23)/t15-,16-/m0/s1. The molecular weight excluding hydrogens is 311 g/mol. The maximum Gasteiger partial charge on any atom is 0.224 e. The SMILES string of the molecule is Cc1oncc1CN1C[C@@H](F)C[C@H]1CNC(=O)Cc1cccnc1. The molecule has 0 aromatic carbocycles. The van der Waals surface area contributed by atoms with E-state index in [1.54, 1.807) is 24.7 Å². The summed E-state index contributed by atoms with van der Waals surface area (Å²) in [5.41, 5.74) is 1.82. The molecule has 1 aliphatic rings. The van der Waals surface area contributed by atoms with Gasteiger partial charge in [0.05, 0.1) is 12.6 Å². The molecular formula is C17H21FN4O2. The Balaban J connectivity index is 1.53. The van der Waals surface area contributed by atoms with Crippen molar-refractivity contribution in [3.63, 3.8) is 0 Å². The largest absolute Gasteiger partial charge is 0.361 e. The van der Waals surface area contributed by atoms with Crippen LogP contribution < -0.4 is 5.32 Å². The Hall–Kier alpha value is -2.28. The van der Waals surface area contributed by atoms with Gasteiger partial charge in [0.1, 0.15) is 11.9 Å². The van der Waals surface area contributed by atoms with Gasteiger partial charge in [0.2, 0.25) is 5.91 Å². The number of carbonyl (C=O) groups is 1. The minimum absolute atomic E-state index is 0.0212. The summed E-state index contributed by atoms with van der Waals surface area (Å²) in [7, 11) is 0. The van der Waals surface area contributed by atoms with Gasteiger partial charge in [-0.15, -0.1) is 0 Å². The van der Waals surface area contributed by atoms with E-state index in [0.29, 0.717) is 26.1 Å². The molecule has 2 atom stereocenters. The number of likely N-dealkylation sites (tertiary alicyclic amines) is 1. The molecule has 0 spiro atoms. The zero-order chi connectivity index (χ0) is 16.9. The van der Waals surface area contributed by atoms with Crippen LogP contribution in [0.15, 0.2) is 35.2 Å². The maximum atomic E-state index is 13.8. The predicted octanol–water partition coefficient (Wildman–Crippen LogP) is 1.65. The monoisotopic (exact) mass is 332 g/mol. The van der Waals surface area contributed by atoms with Gasteiger partial charge in [0.25, 0.3) is 0 Å². The smallest absolute Gasteiger partial charge is 0.224 e. The average Bonchev–Trinajstić information content (AvgIpc) is 3.12. The van der Waals surface area contributed by atoms with Crippen molar-refractivity contribution in [2.75, 3.05) is 13.1 Å². The first-order valence-electron chi connectivity index (χ1n) is 8.05. The average molecular weight is 332 g/mol. The van der Waals surface area contributed by atoms with E-state index >= 15 is 0 Å². The number of carbonyl (C=O) groups excluding carboxylic acids is 1. The van der Waals surface area contributed by atoms with E-state index in [0.717, 1.165) is 16.9 Å². The van der Waals surface area contributed by atoms with Crippen molar-refractivity contribution in [2.45, 2.75) is 38.5 Å². The number of hydrogen-bond donors (Lipinski definition) is 1. The van der Waals surface area contributed by atoms with Crippen LogP contribution in [0.25, 0.3) is 0 Å². The number of hydrogen-bond acceptors (Lipinski definition) is 5. The summed E-state index contributed by atoms with van der Waals surface area (Å²) in [5, 5.41) is 6.66. The molecule has 1 fully saturated rings. The fourth-order valence-corrected chi connectivity index (χ4v) is 3.00. The number of rotatable bonds is 6. The highest BCUT2D eigenvalue weighted by Crippen LogP contribution is 2.23. The Morgan fingerprint density at radius 3 is 3.08 bits per heavy atom. The van der Waals surface area contributed by atoms with Crippen LogP contribution in [0.2, 0.25) is 0 Å². The van der Waals surface area contributed by atoms with E-state index in [2.05, 4.69) is 15.5 Å².